The van der Waals surface area contributed by atoms with Crippen molar-refractivity contribution in [3.63, 3.8) is 0 Å². The predicted molar refractivity (Wildman–Crippen MR) is 74.1 cm³/mol. The normalized spacial score (nSPS) is 14.4. The zero-order chi connectivity index (χ0) is 13.0. The maximum Gasteiger partial charge on any atom is 0.236 e. The maximum absolute atomic E-state index is 12.0. The van der Waals surface area contributed by atoms with Crippen molar-refractivity contribution in [2.24, 2.45) is 0 Å². The van der Waals surface area contributed by atoms with Crippen molar-refractivity contribution in [1.82, 2.24) is 9.88 Å². The second-order valence-corrected chi connectivity index (χ2v) is 5.30. The number of pyridine rings is 1. The monoisotopic (exact) mass is 263 g/mol. The molecule has 0 saturated heterocycles. The zero-order valence-electron chi connectivity index (χ0n) is 10.4. The first-order valence-electron chi connectivity index (χ1n) is 5.97. The standard InChI is InChI=1S/C13H17N3OS/c1-16(10-4-2-3-5-10)13(17)9-18-11-6-7-12(14)15-8-11/h4,6-8H,2-3,5,9H2,1H3,(H2,14,15). The number of allylic oxidation sites excluding steroid dienone is 2. The number of nitrogens with two attached hydrogens (primary N) is 1. The van der Waals surface area contributed by atoms with Crippen LogP contribution in [0.2, 0.25) is 0 Å². The third-order valence-electron chi connectivity index (χ3n) is 2.94. The van der Waals surface area contributed by atoms with Gasteiger partial charge in [-0.25, -0.2) is 4.98 Å². The van der Waals surface area contributed by atoms with E-state index in [0.717, 1.165) is 29.9 Å². The highest BCUT2D eigenvalue weighted by atomic mass is 32.2. The molecule has 0 fully saturated rings. The van der Waals surface area contributed by atoms with E-state index in [0.29, 0.717) is 11.6 Å². The van der Waals surface area contributed by atoms with Gasteiger partial charge in [-0.15, -0.1) is 11.8 Å². The van der Waals surface area contributed by atoms with Crippen molar-refractivity contribution >= 4 is 23.5 Å². The summed E-state index contributed by atoms with van der Waals surface area (Å²) in [7, 11) is 1.85. The molecule has 18 heavy (non-hydrogen) atoms. The van der Waals surface area contributed by atoms with Crippen LogP contribution < -0.4 is 5.73 Å². The van der Waals surface area contributed by atoms with Gasteiger partial charge in [0, 0.05) is 23.8 Å². The molecule has 1 aliphatic rings. The highest BCUT2D eigenvalue weighted by Crippen LogP contribution is 2.22. The average molecular weight is 263 g/mol. The summed E-state index contributed by atoms with van der Waals surface area (Å²) in [5.74, 6) is 1.06. The Labute approximate surface area is 111 Å². The number of hydrogen-bond donors (Lipinski definition) is 1. The minimum absolute atomic E-state index is 0.130. The van der Waals surface area contributed by atoms with E-state index in [4.69, 9.17) is 5.73 Å². The fraction of sp³-hybridized carbons (Fsp3) is 0.385. The van der Waals surface area contributed by atoms with Gasteiger partial charge in [-0.05, 0) is 31.4 Å². The minimum atomic E-state index is 0.130. The zero-order valence-corrected chi connectivity index (χ0v) is 11.2. The Bertz CT molecular complexity index is 456. The third-order valence-corrected chi connectivity index (χ3v) is 3.91. The first kappa shape index (κ1) is 13.0. The molecule has 0 atom stereocenters. The van der Waals surface area contributed by atoms with Crippen molar-refractivity contribution in [3.8, 4) is 0 Å². The molecule has 96 valence electrons. The Balaban J connectivity index is 1.86. The highest BCUT2D eigenvalue weighted by Gasteiger charge is 2.15. The molecule has 4 nitrogen and oxygen atoms in total. The SMILES string of the molecule is CN(C(=O)CSc1ccc(N)nc1)C1=CCCC1. The van der Waals surface area contributed by atoms with Crippen molar-refractivity contribution < 1.29 is 4.79 Å². The van der Waals surface area contributed by atoms with Gasteiger partial charge in [0.1, 0.15) is 5.82 Å². The largest absolute Gasteiger partial charge is 0.384 e. The van der Waals surface area contributed by atoms with Crippen molar-refractivity contribution in [2.45, 2.75) is 24.2 Å². The Morgan fingerprint density at radius 3 is 3.00 bits per heavy atom. The summed E-state index contributed by atoms with van der Waals surface area (Å²) in [5.41, 5.74) is 6.66. The summed E-state index contributed by atoms with van der Waals surface area (Å²) < 4.78 is 0. The van der Waals surface area contributed by atoms with Gasteiger partial charge < -0.3 is 10.6 Å². The second-order valence-electron chi connectivity index (χ2n) is 4.25. The molecule has 0 spiro atoms. The first-order chi connectivity index (χ1) is 8.66. The third kappa shape index (κ3) is 3.26. The Hall–Kier alpha value is -1.49. The molecule has 1 aromatic heterocycles. The topological polar surface area (TPSA) is 59.2 Å². The van der Waals surface area contributed by atoms with E-state index in [9.17, 15) is 4.79 Å². The summed E-state index contributed by atoms with van der Waals surface area (Å²) in [5, 5.41) is 0. The number of nitrogen functional groups attached to an aromatic ring is 1. The van der Waals surface area contributed by atoms with E-state index < -0.39 is 0 Å². The summed E-state index contributed by atoms with van der Waals surface area (Å²) in [6.07, 6.45) is 7.09. The number of hydrogen-bond acceptors (Lipinski definition) is 4. The molecule has 0 radical (unpaired) electrons. The molecule has 1 aromatic rings. The Morgan fingerprint density at radius 1 is 1.56 bits per heavy atom. The summed E-state index contributed by atoms with van der Waals surface area (Å²) in [4.78, 5) is 18.7. The number of rotatable bonds is 4. The van der Waals surface area contributed by atoms with Gasteiger partial charge >= 0.3 is 0 Å². The van der Waals surface area contributed by atoms with Crippen LogP contribution in [0.25, 0.3) is 0 Å². The van der Waals surface area contributed by atoms with Crippen molar-refractivity contribution in [2.75, 3.05) is 18.5 Å². The van der Waals surface area contributed by atoms with E-state index in [-0.39, 0.29) is 5.91 Å². The molecule has 1 aliphatic carbocycles. The lowest BCUT2D eigenvalue weighted by Crippen LogP contribution is -2.26. The number of anilines is 1. The highest BCUT2D eigenvalue weighted by molar-refractivity contribution is 8.00. The van der Waals surface area contributed by atoms with E-state index in [1.807, 2.05) is 13.1 Å². The molecule has 0 aromatic carbocycles. The molecule has 0 bridgehead atoms. The molecule has 5 heteroatoms. The first-order valence-corrected chi connectivity index (χ1v) is 6.95. The van der Waals surface area contributed by atoms with E-state index >= 15 is 0 Å². The smallest absolute Gasteiger partial charge is 0.236 e. The lowest BCUT2D eigenvalue weighted by Gasteiger charge is -2.18. The van der Waals surface area contributed by atoms with Gasteiger partial charge in [-0.2, -0.15) is 0 Å². The molecular formula is C13H17N3OS. The lowest BCUT2D eigenvalue weighted by molar-refractivity contribution is -0.125. The molecule has 1 amide bonds. The van der Waals surface area contributed by atoms with Gasteiger partial charge in [0.25, 0.3) is 0 Å². The number of nitrogens with zero attached hydrogens (tertiary/aromatic N) is 2. The van der Waals surface area contributed by atoms with E-state index in [1.165, 1.54) is 11.8 Å². The molecule has 1 heterocycles. The number of aromatic nitrogens is 1. The van der Waals surface area contributed by atoms with Crippen LogP contribution in [0.1, 0.15) is 19.3 Å². The number of carbonyl (C=O) groups is 1. The van der Waals surface area contributed by atoms with Crippen LogP contribution in [0.4, 0.5) is 5.82 Å². The molecule has 0 unspecified atom stereocenters. The maximum atomic E-state index is 12.0. The summed E-state index contributed by atoms with van der Waals surface area (Å²) in [6, 6.07) is 3.63. The molecule has 0 aliphatic heterocycles. The van der Waals surface area contributed by atoms with Gasteiger partial charge in [-0.1, -0.05) is 6.08 Å². The van der Waals surface area contributed by atoms with Crippen molar-refractivity contribution in [3.05, 3.63) is 30.1 Å². The number of amides is 1. The summed E-state index contributed by atoms with van der Waals surface area (Å²) in [6.45, 7) is 0. The summed E-state index contributed by atoms with van der Waals surface area (Å²) >= 11 is 1.49. The quantitative estimate of drug-likeness (QED) is 0.847. The number of thioether (sulfide) groups is 1. The van der Waals surface area contributed by atoms with Crippen LogP contribution >= 0.6 is 11.8 Å². The van der Waals surface area contributed by atoms with Crippen LogP contribution in [-0.4, -0.2) is 28.6 Å². The second kappa shape index (κ2) is 5.91. The van der Waals surface area contributed by atoms with Gasteiger partial charge in [0.2, 0.25) is 5.91 Å². The van der Waals surface area contributed by atoms with E-state index in [2.05, 4.69) is 11.1 Å². The van der Waals surface area contributed by atoms with Crippen LogP contribution in [0.5, 0.6) is 0 Å². The molecule has 2 rings (SSSR count). The minimum Gasteiger partial charge on any atom is -0.384 e. The molecular weight excluding hydrogens is 246 g/mol. The van der Waals surface area contributed by atoms with Crippen LogP contribution in [-0.2, 0) is 4.79 Å². The Morgan fingerprint density at radius 2 is 2.39 bits per heavy atom. The molecule has 2 N–H and O–H groups in total. The van der Waals surface area contributed by atoms with Crippen LogP contribution in [0.15, 0.2) is 35.0 Å². The number of carbonyl (C=O) groups excluding carboxylic acids is 1. The van der Waals surface area contributed by atoms with Gasteiger partial charge in [-0.3, -0.25) is 4.79 Å². The van der Waals surface area contributed by atoms with Crippen LogP contribution in [0, 0.1) is 0 Å². The van der Waals surface area contributed by atoms with Gasteiger partial charge in [0.15, 0.2) is 0 Å². The fourth-order valence-corrected chi connectivity index (χ4v) is 2.61. The van der Waals surface area contributed by atoms with Crippen molar-refractivity contribution in [1.29, 1.82) is 0 Å². The average Bonchev–Trinajstić information content (AvgIpc) is 2.90. The van der Waals surface area contributed by atoms with E-state index in [1.54, 1.807) is 17.2 Å². The predicted octanol–water partition coefficient (Wildman–Crippen LogP) is 2.28. The Kier molecular flexibility index (Phi) is 4.25. The lowest BCUT2D eigenvalue weighted by atomic mass is 10.3. The van der Waals surface area contributed by atoms with Gasteiger partial charge in [0.05, 0.1) is 5.75 Å². The fourth-order valence-electron chi connectivity index (χ4n) is 1.84. The molecule has 0 saturated carbocycles. The van der Waals surface area contributed by atoms with Crippen LogP contribution in [0.3, 0.4) is 0 Å².